The normalized spacial score (nSPS) is 17.0. The number of aliphatic hydroxyl groups is 1. The van der Waals surface area contributed by atoms with Gasteiger partial charge in [-0.3, -0.25) is 4.79 Å². The van der Waals surface area contributed by atoms with Gasteiger partial charge in [-0.1, -0.05) is 12.1 Å². The maximum Gasteiger partial charge on any atom is 0.387 e. The molecule has 0 aromatic heterocycles. The highest BCUT2D eigenvalue weighted by molar-refractivity contribution is 5.79. The van der Waals surface area contributed by atoms with Gasteiger partial charge in [0.2, 0.25) is 5.91 Å². The molecule has 1 atom stereocenters. The van der Waals surface area contributed by atoms with Crippen molar-refractivity contribution < 1.29 is 28.2 Å². The zero-order valence-corrected chi connectivity index (χ0v) is 12.7. The molecule has 1 amide bonds. The summed E-state index contributed by atoms with van der Waals surface area (Å²) in [5.74, 6) is -0.0515. The number of benzene rings is 1. The molecule has 1 heterocycles. The summed E-state index contributed by atoms with van der Waals surface area (Å²) in [6.45, 7) is -1.77. The zero-order valence-electron chi connectivity index (χ0n) is 12.7. The number of amides is 1. The van der Waals surface area contributed by atoms with Crippen molar-refractivity contribution in [3.8, 4) is 5.75 Å². The molecule has 1 aliphatic rings. The van der Waals surface area contributed by atoms with E-state index in [1.54, 1.807) is 12.1 Å². The smallest absolute Gasteiger partial charge is 0.387 e. The first-order valence-electron chi connectivity index (χ1n) is 7.60. The lowest BCUT2D eigenvalue weighted by atomic mass is 9.92. The van der Waals surface area contributed by atoms with Crippen LogP contribution in [0.2, 0.25) is 0 Å². The van der Waals surface area contributed by atoms with Crippen LogP contribution >= 0.6 is 0 Å². The standard InChI is InChI=1S/C16H21F2NO4/c17-16(18)23-13-3-1-2-11(8-13)9-15(21)19-14(10-20)12-4-6-22-7-5-12/h1-3,8,12,14,16,20H,4-7,9-10H2,(H,19,21)/t14-/m0/s1. The average Bonchev–Trinajstić information content (AvgIpc) is 2.53. The van der Waals surface area contributed by atoms with E-state index < -0.39 is 6.61 Å². The second-order valence-corrected chi connectivity index (χ2v) is 5.51. The van der Waals surface area contributed by atoms with Crippen LogP contribution in [0.1, 0.15) is 18.4 Å². The van der Waals surface area contributed by atoms with Gasteiger partial charge < -0.3 is 19.9 Å². The van der Waals surface area contributed by atoms with Crippen molar-refractivity contribution >= 4 is 5.91 Å². The summed E-state index contributed by atoms with van der Waals surface area (Å²) in [7, 11) is 0. The first kappa shape index (κ1) is 17.6. The predicted octanol–water partition coefficient (Wildman–Crippen LogP) is 1.73. The molecule has 0 bridgehead atoms. The quantitative estimate of drug-likeness (QED) is 0.799. The van der Waals surface area contributed by atoms with Crippen LogP contribution in [0, 0.1) is 5.92 Å². The summed E-state index contributed by atoms with van der Waals surface area (Å²) in [4.78, 5) is 12.1. The average molecular weight is 329 g/mol. The van der Waals surface area contributed by atoms with Crippen LogP contribution < -0.4 is 10.1 Å². The molecular weight excluding hydrogens is 308 g/mol. The molecule has 7 heteroatoms. The highest BCUT2D eigenvalue weighted by Crippen LogP contribution is 2.19. The lowest BCUT2D eigenvalue weighted by molar-refractivity contribution is -0.122. The number of aliphatic hydroxyl groups excluding tert-OH is 1. The molecule has 1 aromatic carbocycles. The molecule has 0 spiro atoms. The molecule has 1 fully saturated rings. The van der Waals surface area contributed by atoms with E-state index in [2.05, 4.69) is 10.1 Å². The van der Waals surface area contributed by atoms with Crippen LogP contribution in [-0.4, -0.2) is 43.5 Å². The number of carbonyl (C=O) groups is 1. The maximum absolute atomic E-state index is 12.2. The Morgan fingerprint density at radius 1 is 1.39 bits per heavy atom. The molecule has 0 unspecified atom stereocenters. The molecule has 1 aliphatic heterocycles. The van der Waals surface area contributed by atoms with Gasteiger partial charge in [0.25, 0.3) is 0 Å². The third kappa shape index (κ3) is 5.76. The van der Waals surface area contributed by atoms with Crippen molar-refractivity contribution in [3.05, 3.63) is 29.8 Å². The fourth-order valence-corrected chi connectivity index (χ4v) is 2.71. The van der Waals surface area contributed by atoms with E-state index in [0.717, 1.165) is 12.8 Å². The zero-order chi connectivity index (χ0) is 16.7. The summed E-state index contributed by atoms with van der Waals surface area (Å²) in [5.41, 5.74) is 0.573. The van der Waals surface area contributed by atoms with Gasteiger partial charge in [-0.15, -0.1) is 0 Å². The van der Waals surface area contributed by atoms with Crippen molar-refractivity contribution in [1.29, 1.82) is 0 Å². The minimum absolute atomic E-state index is 0.0217. The van der Waals surface area contributed by atoms with E-state index in [9.17, 15) is 18.7 Å². The molecule has 1 aromatic rings. The Morgan fingerprint density at radius 2 is 2.13 bits per heavy atom. The van der Waals surface area contributed by atoms with Gasteiger partial charge in [-0.05, 0) is 36.5 Å². The number of rotatable bonds is 7. The minimum Gasteiger partial charge on any atom is -0.435 e. The number of halogens is 2. The van der Waals surface area contributed by atoms with Crippen LogP contribution in [0.4, 0.5) is 8.78 Å². The second-order valence-electron chi connectivity index (χ2n) is 5.51. The monoisotopic (exact) mass is 329 g/mol. The Hall–Kier alpha value is -1.73. The Morgan fingerprint density at radius 3 is 2.78 bits per heavy atom. The Kier molecular flexibility index (Phi) is 6.73. The van der Waals surface area contributed by atoms with Gasteiger partial charge in [0, 0.05) is 13.2 Å². The van der Waals surface area contributed by atoms with Crippen LogP contribution in [0.5, 0.6) is 5.75 Å². The number of alkyl halides is 2. The highest BCUT2D eigenvalue weighted by Gasteiger charge is 2.24. The van der Waals surface area contributed by atoms with Crippen LogP contribution in [0.15, 0.2) is 24.3 Å². The SMILES string of the molecule is O=C(Cc1cccc(OC(F)F)c1)N[C@@H](CO)C1CCOCC1. The predicted molar refractivity (Wildman–Crippen MR) is 79.3 cm³/mol. The molecule has 128 valence electrons. The molecule has 0 aliphatic carbocycles. The van der Waals surface area contributed by atoms with Gasteiger partial charge in [-0.25, -0.2) is 0 Å². The third-order valence-corrected chi connectivity index (χ3v) is 3.87. The summed E-state index contributed by atoms with van der Waals surface area (Å²) in [6, 6.07) is 5.73. The van der Waals surface area contributed by atoms with E-state index in [0.29, 0.717) is 18.8 Å². The molecule has 0 radical (unpaired) electrons. The maximum atomic E-state index is 12.2. The molecule has 5 nitrogen and oxygen atoms in total. The Bertz CT molecular complexity index is 507. The summed E-state index contributed by atoms with van der Waals surface area (Å²) < 4.78 is 34.0. The molecule has 0 saturated carbocycles. The van der Waals surface area contributed by atoms with Crippen molar-refractivity contribution in [2.24, 2.45) is 5.92 Å². The van der Waals surface area contributed by atoms with Gasteiger partial charge in [0.1, 0.15) is 5.75 Å². The van der Waals surface area contributed by atoms with Crippen molar-refractivity contribution in [2.45, 2.75) is 31.9 Å². The van der Waals surface area contributed by atoms with Crippen LogP contribution in [0.3, 0.4) is 0 Å². The van der Waals surface area contributed by atoms with Gasteiger partial charge >= 0.3 is 6.61 Å². The fourth-order valence-electron chi connectivity index (χ4n) is 2.71. The van der Waals surface area contributed by atoms with Crippen LogP contribution in [0.25, 0.3) is 0 Å². The largest absolute Gasteiger partial charge is 0.435 e. The summed E-state index contributed by atoms with van der Waals surface area (Å²) >= 11 is 0. The lowest BCUT2D eigenvalue weighted by Gasteiger charge is -2.29. The topological polar surface area (TPSA) is 67.8 Å². The van der Waals surface area contributed by atoms with E-state index in [1.165, 1.54) is 12.1 Å². The van der Waals surface area contributed by atoms with Gasteiger partial charge in [-0.2, -0.15) is 8.78 Å². The van der Waals surface area contributed by atoms with Crippen molar-refractivity contribution in [1.82, 2.24) is 5.32 Å². The van der Waals surface area contributed by atoms with Crippen LogP contribution in [-0.2, 0) is 16.0 Å². The third-order valence-electron chi connectivity index (χ3n) is 3.87. The minimum atomic E-state index is -2.90. The number of hydrogen-bond donors (Lipinski definition) is 2. The highest BCUT2D eigenvalue weighted by atomic mass is 19.3. The Balaban J connectivity index is 1.90. The summed E-state index contributed by atoms with van der Waals surface area (Å²) in [6.07, 6.45) is 1.63. The first-order valence-corrected chi connectivity index (χ1v) is 7.60. The van der Waals surface area contributed by atoms with Gasteiger partial charge in [0.05, 0.1) is 19.1 Å². The number of nitrogens with one attached hydrogen (secondary N) is 1. The number of hydrogen-bond acceptors (Lipinski definition) is 4. The van der Waals surface area contributed by atoms with E-state index in [1.807, 2.05) is 0 Å². The van der Waals surface area contributed by atoms with Gasteiger partial charge in [0.15, 0.2) is 0 Å². The number of carbonyl (C=O) groups excluding carboxylic acids is 1. The van der Waals surface area contributed by atoms with E-state index in [-0.39, 0.29) is 36.6 Å². The molecular formula is C16H21F2NO4. The first-order chi connectivity index (χ1) is 11.1. The number of ether oxygens (including phenoxy) is 2. The summed E-state index contributed by atoms with van der Waals surface area (Å²) in [5, 5.41) is 12.3. The Labute approximate surface area is 133 Å². The molecule has 2 N–H and O–H groups in total. The molecule has 2 rings (SSSR count). The molecule has 1 saturated heterocycles. The molecule has 23 heavy (non-hydrogen) atoms. The van der Waals surface area contributed by atoms with Crippen molar-refractivity contribution in [3.63, 3.8) is 0 Å². The van der Waals surface area contributed by atoms with E-state index in [4.69, 9.17) is 4.74 Å². The van der Waals surface area contributed by atoms with Crippen molar-refractivity contribution in [2.75, 3.05) is 19.8 Å². The fraction of sp³-hybridized carbons (Fsp3) is 0.562. The van der Waals surface area contributed by atoms with E-state index >= 15 is 0 Å². The second kappa shape index (κ2) is 8.79. The lowest BCUT2D eigenvalue weighted by Crippen LogP contribution is -2.45.